The van der Waals surface area contributed by atoms with Gasteiger partial charge in [0.2, 0.25) is 0 Å². The monoisotopic (exact) mass is 330 g/mol. The number of aryl methyl sites for hydroxylation is 3. The number of rotatable bonds is 3. The van der Waals surface area contributed by atoms with Crippen LogP contribution in [0.2, 0.25) is 0 Å². The third kappa shape index (κ3) is 2.68. The van der Waals surface area contributed by atoms with Crippen molar-refractivity contribution < 1.29 is 8.42 Å². The molecule has 2 aromatic carbocycles. The van der Waals surface area contributed by atoms with Gasteiger partial charge in [-0.05, 0) is 55.3 Å². The molecule has 120 valence electrons. The van der Waals surface area contributed by atoms with Gasteiger partial charge < -0.3 is 0 Å². The summed E-state index contributed by atoms with van der Waals surface area (Å²) in [4.78, 5) is 0.201. The Morgan fingerprint density at radius 2 is 1.70 bits per heavy atom. The molecule has 0 spiro atoms. The summed E-state index contributed by atoms with van der Waals surface area (Å²) in [6.07, 6.45) is 0. The van der Waals surface area contributed by atoms with E-state index in [9.17, 15) is 8.42 Å². The zero-order valence-electron chi connectivity index (χ0n) is 13.5. The van der Waals surface area contributed by atoms with Gasteiger partial charge in [-0.3, -0.25) is 4.31 Å². The van der Waals surface area contributed by atoms with Crippen LogP contribution < -0.4 is 4.31 Å². The molecule has 3 aromatic rings. The fourth-order valence-corrected chi connectivity index (χ4v) is 3.81. The van der Waals surface area contributed by atoms with E-state index in [-0.39, 0.29) is 4.90 Å². The molecule has 7 heteroatoms. The second-order valence-electron chi connectivity index (χ2n) is 5.68. The van der Waals surface area contributed by atoms with Crippen molar-refractivity contribution in [2.45, 2.75) is 18.7 Å². The second-order valence-corrected chi connectivity index (χ2v) is 7.65. The van der Waals surface area contributed by atoms with E-state index in [1.165, 1.54) is 4.31 Å². The minimum absolute atomic E-state index is 0.201. The van der Waals surface area contributed by atoms with Gasteiger partial charge in [0.1, 0.15) is 5.52 Å². The highest BCUT2D eigenvalue weighted by molar-refractivity contribution is 7.92. The molecule has 0 unspecified atom stereocenters. The molecule has 3 rings (SSSR count). The van der Waals surface area contributed by atoms with Gasteiger partial charge in [0.25, 0.3) is 10.0 Å². The first-order chi connectivity index (χ1) is 10.8. The van der Waals surface area contributed by atoms with Gasteiger partial charge in [0.15, 0.2) is 0 Å². The molecular formula is C16H18N4O2S. The van der Waals surface area contributed by atoms with Gasteiger partial charge >= 0.3 is 0 Å². The first kappa shape index (κ1) is 15.5. The Morgan fingerprint density at radius 3 is 2.35 bits per heavy atom. The van der Waals surface area contributed by atoms with Crippen LogP contribution in [0.4, 0.5) is 5.69 Å². The molecule has 1 aromatic heterocycles. The fraction of sp³-hybridized carbons (Fsp3) is 0.250. The highest BCUT2D eigenvalue weighted by Gasteiger charge is 2.22. The van der Waals surface area contributed by atoms with Crippen molar-refractivity contribution in [1.82, 2.24) is 15.0 Å². The van der Waals surface area contributed by atoms with E-state index >= 15 is 0 Å². The van der Waals surface area contributed by atoms with Crippen LogP contribution in [-0.2, 0) is 17.1 Å². The Balaban J connectivity index is 2.08. The lowest BCUT2D eigenvalue weighted by Crippen LogP contribution is -2.26. The van der Waals surface area contributed by atoms with E-state index in [0.717, 1.165) is 16.6 Å². The Hall–Kier alpha value is -2.41. The lowest BCUT2D eigenvalue weighted by molar-refractivity contribution is 0.594. The van der Waals surface area contributed by atoms with Crippen molar-refractivity contribution in [2.75, 3.05) is 11.4 Å². The van der Waals surface area contributed by atoms with Crippen LogP contribution in [0.1, 0.15) is 11.1 Å². The van der Waals surface area contributed by atoms with E-state index < -0.39 is 10.0 Å². The molecule has 0 fully saturated rings. The van der Waals surface area contributed by atoms with E-state index in [4.69, 9.17) is 0 Å². The largest absolute Gasteiger partial charge is 0.269 e. The molecule has 0 saturated heterocycles. The molecular weight excluding hydrogens is 312 g/mol. The van der Waals surface area contributed by atoms with E-state index in [1.54, 1.807) is 37.0 Å². The highest BCUT2D eigenvalue weighted by atomic mass is 32.2. The Labute approximate surface area is 135 Å². The average molecular weight is 330 g/mol. The van der Waals surface area contributed by atoms with Crippen molar-refractivity contribution in [3.63, 3.8) is 0 Å². The van der Waals surface area contributed by atoms with Gasteiger partial charge in [0.05, 0.1) is 16.1 Å². The van der Waals surface area contributed by atoms with Crippen LogP contribution in [0.5, 0.6) is 0 Å². The normalized spacial score (nSPS) is 11.8. The first-order valence-corrected chi connectivity index (χ1v) is 8.60. The van der Waals surface area contributed by atoms with Crippen LogP contribution in [0.3, 0.4) is 0 Å². The van der Waals surface area contributed by atoms with Crippen molar-refractivity contribution in [1.29, 1.82) is 0 Å². The summed E-state index contributed by atoms with van der Waals surface area (Å²) in [6, 6.07) is 10.6. The molecule has 0 bridgehead atoms. The molecule has 0 aliphatic rings. The number of hydrogen-bond acceptors (Lipinski definition) is 4. The zero-order valence-corrected chi connectivity index (χ0v) is 14.3. The Bertz CT molecular complexity index is 972. The molecule has 0 amide bonds. The summed E-state index contributed by atoms with van der Waals surface area (Å²) in [6.45, 7) is 3.89. The molecule has 0 atom stereocenters. The van der Waals surface area contributed by atoms with Crippen LogP contribution in [0.15, 0.2) is 41.3 Å². The molecule has 0 saturated carbocycles. The fourth-order valence-electron chi connectivity index (χ4n) is 2.61. The molecule has 0 aliphatic heterocycles. The number of benzene rings is 2. The van der Waals surface area contributed by atoms with Crippen molar-refractivity contribution in [3.05, 3.63) is 47.5 Å². The number of hydrogen-bond donors (Lipinski definition) is 0. The predicted octanol–water partition coefficient (Wildman–Crippen LogP) is 2.41. The van der Waals surface area contributed by atoms with Crippen LogP contribution in [-0.4, -0.2) is 30.5 Å². The smallest absolute Gasteiger partial charge is 0.264 e. The summed E-state index contributed by atoms with van der Waals surface area (Å²) in [7, 11) is -0.323. The van der Waals surface area contributed by atoms with Crippen LogP contribution in [0.25, 0.3) is 11.0 Å². The Morgan fingerprint density at radius 1 is 1.04 bits per heavy atom. The minimum atomic E-state index is -3.65. The molecule has 23 heavy (non-hydrogen) atoms. The molecule has 0 N–H and O–H groups in total. The lowest BCUT2D eigenvalue weighted by Gasteiger charge is -2.20. The number of aromatic nitrogens is 3. The topological polar surface area (TPSA) is 68.1 Å². The van der Waals surface area contributed by atoms with Crippen molar-refractivity contribution in [2.24, 2.45) is 7.05 Å². The number of sulfonamides is 1. The van der Waals surface area contributed by atoms with Gasteiger partial charge in [-0.25, -0.2) is 13.1 Å². The van der Waals surface area contributed by atoms with Crippen LogP contribution >= 0.6 is 0 Å². The number of nitrogens with zero attached hydrogens (tertiary/aromatic N) is 4. The summed E-state index contributed by atoms with van der Waals surface area (Å²) in [5, 5.41) is 7.89. The van der Waals surface area contributed by atoms with Crippen molar-refractivity contribution >= 4 is 26.7 Å². The number of fused-ring (bicyclic) bond motifs is 1. The van der Waals surface area contributed by atoms with E-state index in [1.807, 2.05) is 32.0 Å². The molecule has 6 nitrogen and oxygen atoms in total. The maximum Gasteiger partial charge on any atom is 0.264 e. The lowest BCUT2D eigenvalue weighted by atomic mass is 10.1. The third-order valence-corrected chi connectivity index (χ3v) is 5.59. The van der Waals surface area contributed by atoms with E-state index in [0.29, 0.717) is 11.2 Å². The average Bonchev–Trinajstić information content (AvgIpc) is 2.86. The zero-order chi connectivity index (χ0) is 16.8. The van der Waals surface area contributed by atoms with E-state index in [2.05, 4.69) is 10.3 Å². The summed E-state index contributed by atoms with van der Waals surface area (Å²) >= 11 is 0. The van der Waals surface area contributed by atoms with Crippen molar-refractivity contribution in [3.8, 4) is 0 Å². The summed E-state index contributed by atoms with van der Waals surface area (Å²) in [5.74, 6) is 0. The summed E-state index contributed by atoms with van der Waals surface area (Å²) < 4.78 is 28.7. The molecule has 0 radical (unpaired) electrons. The summed E-state index contributed by atoms with van der Waals surface area (Å²) in [5.41, 5.74) is 4.03. The standard InChI is InChI=1S/C16H18N4O2S/c1-11-7-12(2)9-13(8-11)20(4)23(21,22)14-5-6-16-15(10-14)17-18-19(16)3/h5-10H,1-4H3. The maximum atomic E-state index is 12.9. The third-order valence-electron chi connectivity index (χ3n) is 3.81. The molecule has 1 heterocycles. The van der Waals surface area contributed by atoms with Gasteiger partial charge in [0, 0.05) is 14.1 Å². The quantitative estimate of drug-likeness (QED) is 0.739. The highest BCUT2D eigenvalue weighted by Crippen LogP contribution is 2.25. The second kappa shape index (κ2) is 5.34. The maximum absolute atomic E-state index is 12.9. The Kier molecular flexibility index (Phi) is 3.60. The van der Waals surface area contributed by atoms with Gasteiger partial charge in [-0.2, -0.15) is 0 Å². The SMILES string of the molecule is Cc1cc(C)cc(N(C)S(=O)(=O)c2ccc3c(c2)nnn3C)c1. The first-order valence-electron chi connectivity index (χ1n) is 7.16. The minimum Gasteiger partial charge on any atom is -0.269 e. The number of anilines is 1. The van der Waals surface area contributed by atoms with Gasteiger partial charge in [-0.15, -0.1) is 5.10 Å². The predicted molar refractivity (Wildman–Crippen MR) is 90.0 cm³/mol. The van der Waals surface area contributed by atoms with Crippen LogP contribution in [0, 0.1) is 13.8 Å². The molecule has 0 aliphatic carbocycles. The van der Waals surface area contributed by atoms with Gasteiger partial charge in [-0.1, -0.05) is 11.3 Å².